The Morgan fingerprint density at radius 3 is 2.45 bits per heavy atom. The number of benzene rings is 1. The summed E-state index contributed by atoms with van der Waals surface area (Å²) >= 11 is 0. The van der Waals surface area contributed by atoms with E-state index in [1.54, 1.807) is 14.2 Å². The molecule has 0 aliphatic carbocycles. The highest BCUT2D eigenvalue weighted by Gasteiger charge is 2.06. The molecule has 2 aromatic rings. The number of hydrogen-bond donors (Lipinski definition) is 1. The van der Waals surface area contributed by atoms with Crippen LogP contribution in [0.25, 0.3) is 0 Å². The van der Waals surface area contributed by atoms with E-state index >= 15 is 0 Å². The molecular weight excluding hydrogens is 256 g/mol. The first kappa shape index (κ1) is 14.3. The number of nitrogens with one attached hydrogen (secondary N) is 1. The van der Waals surface area contributed by atoms with Crippen molar-refractivity contribution in [2.45, 2.75) is 20.0 Å². The molecule has 1 aromatic heterocycles. The van der Waals surface area contributed by atoms with Gasteiger partial charge in [-0.25, -0.2) is 0 Å². The first-order valence-corrected chi connectivity index (χ1v) is 6.42. The normalized spacial score (nSPS) is 10.6. The van der Waals surface area contributed by atoms with Crippen LogP contribution in [-0.4, -0.2) is 29.0 Å². The molecule has 2 rings (SSSR count). The van der Waals surface area contributed by atoms with Gasteiger partial charge in [0.1, 0.15) is 11.6 Å². The number of nitrogens with zero attached hydrogens (tertiary/aromatic N) is 3. The monoisotopic (exact) mass is 276 g/mol. The van der Waals surface area contributed by atoms with Gasteiger partial charge < -0.3 is 19.4 Å². The molecule has 20 heavy (non-hydrogen) atoms. The Labute approximate surface area is 118 Å². The van der Waals surface area contributed by atoms with Crippen LogP contribution < -0.4 is 14.8 Å². The summed E-state index contributed by atoms with van der Waals surface area (Å²) in [5.41, 5.74) is 1.13. The summed E-state index contributed by atoms with van der Waals surface area (Å²) in [6.45, 7) is 3.34. The molecule has 0 aliphatic rings. The third kappa shape index (κ3) is 3.08. The minimum Gasteiger partial charge on any atom is -0.493 e. The topological polar surface area (TPSA) is 61.2 Å². The van der Waals surface area contributed by atoms with Gasteiger partial charge in [0, 0.05) is 13.6 Å². The number of ether oxygens (including phenoxy) is 2. The van der Waals surface area contributed by atoms with Crippen molar-refractivity contribution >= 4 is 0 Å². The number of methoxy groups -OCH3 is 2. The molecule has 0 saturated carbocycles. The Kier molecular flexibility index (Phi) is 4.57. The lowest BCUT2D eigenvalue weighted by atomic mass is 10.2. The van der Waals surface area contributed by atoms with Gasteiger partial charge in [0.15, 0.2) is 11.5 Å². The molecule has 108 valence electrons. The lowest BCUT2D eigenvalue weighted by Crippen LogP contribution is -2.16. The van der Waals surface area contributed by atoms with Crippen molar-refractivity contribution in [1.29, 1.82) is 0 Å². The maximum Gasteiger partial charge on any atom is 0.161 e. The van der Waals surface area contributed by atoms with Gasteiger partial charge in [-0.15, -0.1) is 10.2 Å². The van der Waals surface area contributed by atoms with Gasteiger partial charge in [0.2, 0.25) is 0 Å². The van der Waals surface area contributed by atoms with Gasteiger partial charge >= 0.3 is 0 Å². The third-order valence-corrected chi connectivity index (χ3v) is 3.24. The molecule has 0 radical (unpaired) electrons. The Hall–Kier alpha value is -2.08. The second-order valence-corrected chi connectivity index (χ2v) is 4.52. The van der Waals surface area contributed by atoms with Gasteiger partial charge in [0.25, 0.3) is 0 Å². The Morgan fingerprint density at radius 1 is 1.10 bits per heavy atom. The van der Waals surface area contributed by atoms with Crippen LogP contribution in [0, 0.1) is 6.92 Å². The third-order valence-electron chi connectivity index (χ3n) is 3.24. The van der Waals surface area contributed by atoms with E-state index in [4.69, 9.17) is 9.47 Å². The van der Waals surface area contributed by atoms with E-state index < -0.39 is 0 Å². The minimum absolute atomic E-state index is 0.672. The maximum atomic E-state index is 5.28. The SMILES string of the molecule is COc1ccc(CNCc2nnc(C)n2C)cc1OC. The average Bonchev–Trinajstić information content (AvgIpc) is 2.79. The lowest BCUT2D eigenvalue weighted by molar-refractivity contribution is 0.354. The molecule has 0 saturated heterocycles. The van der Waals surface area contributed by atoms with Crippen LogP contribution in [0.2, 0.25) is 0 Å². The van der Waals surface area contributed by atoms with Gasteiger partial charge in [0.05, 0.1) is 20.8 Å². The van der Waals surface area contributed by atoms with Crippen LogP contribution in [-0.2, 0) is 20.1 Å². The number of aromatic nitrogens is 3. The summed E-state index contributed by atoms with van der Waals surface area (Å²) in [6.07, 6.45) is 0. The second-order valence-electron chi connectivity index (χ2n) is 4.52. The molecule has 0 amide bonds. The fourth-order valence-electron chi connectivity index (χ4n) is 1.91. The Bertz CT molecular complexity index is 581. The van der Waals surface area contributed by atoms with Crippen LogP contribution >= 0.6 is 0 Å². The van der Waals surface area contributed by atoms with Gasteiger partial charge in [-0.05, 0) is 24.6 Å². The summed E-state index contributed by atoms with van der Waals surface area (Å²) < 4.78 is 12.5. The highest BCUT2D eigenvalue weighted by molar-refractivity contribution is 5.42. The van der Waals surface area contributed by atoms with Crippen LogP contribution in [0.15, 0.2) is 18.2 Å². The molecule has 1 aromatic carbocycles. The predicted molar refractivity (Wildman–Crippen MR) is 75.8 cm³/mol. The molecule has 0 bridgehead atoms. The van der Waals surface area contributed by atoms with Gasteiger partial charge in [-0.2, -0.15) is 0 Å². The number of aryl methyl sites for hydroxylation is 1. The quantitative estimate of drug-likeness (QED) is 0.865. The van der Waals surface area contributed by atoms with Gasteiger partial charge in [-0.1, -0.05) is 6.07 Å². The second kappa shape index (κ2) is 6.38. The van der Waals surface area contributed by atoms with Crippen molar-refractivity contribution < 1.29 is 9.47 Å². The zero-order valence-corrected chi connectivity index (χ0v) is 12.3. The van der Waals surface area contributed by atoms with E-state index in [0.29, 0.717) is 6.54 Å². The van der Waals surface area contributed by atoms with Crippen molar-refractivity contribution in [2.75, 3.05) is 14.2 Å². The van der Waals surface area contributed by atoms with Crippen molar-refractivity contribution in [1.82, 2.24) is 20.1 Å². The Balaban J connectivity index is 1.96. The van der Waals surface area contributed by atoms with E-state index in [-0.39, 0.29) is 0 Å². The van der Waals surface area contributed by atoms with Crippen LogP contribution in [0.3, 0.4) is 0 Å². The maximum absolute atomic E-state index is 5.28. The average molecular weight is 276 g/mol. The summed E-state index contributed by atoms with van der Waals surface area (Å²) in [4.78, 5) is 0. The number of rotatable bonds is 6. The molecule has 6 nitrogen and oxygen atoms in total. The summed E-state index contributed by atoms with van der Waals surface area (Å²) in [7, 11) is 5.23. The highest BCUT2D eigenvalue weighted by atomic mass is 16.5. The van der Waals surface area contributed by atoms with Crippen LogP contribution in [0.4, 0.5) is 0 Å². The first-order valence-electron chi connectivity index (χ1n) is 6.42. The molecule has 1 N–H and O–H groups in total. The van der Waals surface area contributed by atoms with Crippen molar-refractivity contribution in [3.63, 3.8) is 0 Å². The smallest absolute Gasteiger partial charge is 0.161 e. The van der Waals surface area contributed by atoms with Crippen molar-refractivity contribution in [3.8, 4) is 11.5 Å². The fourth-order valence-corrected chi connectivity index (χ4v) is 1.91. The first-order chi connectivity index (χ1) is 9.65. The summed E-state index contributed by atoms with van der Waals surface area (Å²) in [5, 5.41) is 11.5. The highest BCUT2D eigenvalue weighted by Crippen LogP contribution is 2.27. The zero-order valence-electron chi connectivity index (χ0n) is 12.3. The molecule has 0 fully saturated rings. The molecule has 1 heterocycles. The van der Waals surface area contributed by atoms with Crippen molar-refractivity contribution in [2.24, 2.45) is 7.05 Å². The van der Waals surface area contributed by atoms with E-state index in [0.717, 1.165) is 35.3 Å². The van der Waals surface area contributed by atoms with Crippen LogP contribution in [0.1, 0.15) is 17.2 Å². The standard InChI is InChI=1S/C14H20N4O2/c1-10-16-17-14(18(10)2)9-15-8-11-5-6-12(19-3)13(7-11)20-4/h5-7,15H,8-9H2,1-4H3. The Morgan fingerprint density at radius 2 is 1.85 bits per heavy atom. The van der Waals surface area contributed by atoms with E-state index in [2.05, 4.69) is 15.5 Å². The summed E-state index contributed by atoms with van der Waals surface area (Å²) in [6, 6.07) is 5.88. The van der Waals surface area contributed by atoms with Gasteiger partial charge in [-0.3, -0.25) is 0 Å². The van der Waals surface area contributed by atoms with Crippen LogP contribution in [0.5, 0.6) is 11.5 Å². The molecule has 0 aliphatic heterocycles. The van der Waals surface area contributed by atoms with Crippen molar-refractivity contribution in [3.05, 3.63) is 35.4 Å². The zero-order chi connectivity index (χ0) is 14.5. The lowest BCUT2D eigenvalue weighted by Gasteiger charge is -2.10. The molecular formula is C14H20N4O2. The molecule has 0 atom stereocenters. The largest absolute Gasteiger partial charge is 0.493 e. The molecule has 0 spiro atoms. The number of hydrogen-bond acceptors (Lipinski definition) is 5. The predicted octanol–water partition coefficient (Wildman–Crippen LogP) is 1.43. The fraction of sp³-hybridized carbons (Fsp3) is 0.429. The minimum atomic E-state index is 0.672. The molecule has 6 heteroatoms. The van der Waals surface area contributed by atoms with E-state index in [9.17, 15) is 0 Å². The molecule has 0 unspecified atom stereocenters. The van der Waals surface area contributed by atoms with E-state index in [1.165, 1.54) is 0 Å². The van der Waals surface area contributed by atoms with E-state index in [1.807, 2.05) is 36.7 Å². The summed E-state index contributed by atoms with van der Waals surface area (Å²) in [5.74, 6) is 3.30.